The van der Waals surface area contributed by atoms with E-state index in [1.165, 1.54) is 0 Å². The van der Waals surface area contributed by atoms with Crippen LogP contribution in [0.15, 0.2) is 24.3 Å². The van der Waals surface area contributed by atoms with Gasteiger partial charge < -0.3 is 15.9 Å². The molecule has 1 aromatic rings. The summed E-state index contributed by atoms with van der Waals surface area (Å²) in [5.41, 5.74) is 6.19. The summed E-state index contributed by atoms with van der Waals surface area (Å²) in [6.45, 7) is 4.54. The van der Waals surface area contributed by atoms with Crippen LogP contribution in [0.3, 0.4) is 0 Å². The first-order valence-electron chi connectivity index (χ1n) is 7.78. The number of aliphatic hydroxyl groups excluding tert-OH is 1. The summed E-state index contributed by atoms with van der Waals surface area (Å²) in [5.74, 6) is 6.06. The number of nitrogens with two attached hydrogens (primary N) is 1. The molecule has 0 radical (unpaired) electrons. The summed E-state index contributed by atoms with van der Waals surface area (Å²) >= 11 is 0. The molecule has 21 heavy (non-hydrogen) atoms. The summed E-state index contributed by atoms with van der Waals surface area (Å²) in [6.07, 6.45) is 3.15. The van der Waals surface area contributed by atoms with Gasteiger partial charge in [-0.2, -0.15) is 0 Å². The number of aliphatic hydroxyl groups is 2. The zero-order valence-corrected chi connectivity index (χ0v) is 13.1. The number of rotatable bonds is 7. The van der Waals surface area contributed by atoms with Gasteiger partial charge in [-0.1, -0.05) is 50.7 Å². The first-order chi connectivity index (χ1) is 10.0. The Labute approximate surface area is 128 Å². The second-order valence-electron chi connectivity index (χ2n) is 5.50. The molecule has 0 aliphatic heterocycles. The highest BCUT2D eigenvalue weighted by Crippen LogP contribution is 2.20. The molecule has 4 N–H and O–H groups in total. The molecule has 1 atom stereocenters. The maximum Gasteiger partial charge on any atom is 0.125 e. The molecule has 0 aliphatic rings. The van der Waals surface area contributed by atoms with Crippen LogP contribution in [0.25, 0.3) is 0 Å². The van der Waals surface area contributed by atoms with Crippen LogP contribution >= 0.6 is 0 Å². The van der Waals surface area contributed by atoms with Crippen LogP contribution in [0.1, 0.15) is 63.2 Å². The first-order valence-corrected chi connectivity index (χ1v) is 7.78. The van der Waals surface area contributed by atoms with Crippen LogP contribution < -0.4 is 5.73 Å². The normalized spacial score (nSPS) is 12.6. The van der Waals surface area contributed by atoms with E-state index in [9.17, 15) is 10.2 Å². The fourth-order valence-electron chi connectivity index (χ4n) is 2.41. The number of hydrogen-bond donors (Lipinski definition) is 3. The first kappa shape index (κ1) is 17.7. The van der Waals surface area contributed by atoms with Crippen molar-refractivity contribution in [3.63, 3.8) is 0 Å². The quantitative estimate of drug-likeness (QED) is 0.676. The molecule has 3 nitrogen and oxygen atoms in total. The van der Waals surface area contributed by atoms with E-state index in [4.69, 9.17) is 5.73 Å². The summed E-state index contributed by atoms with van der Waals surface area (Å²) in [4.78, 5) is 0. The average Bonchev–Trinajstić information content (AvgIpc) is 2.46. The van der Waals surface area contributed by atoms with Gasteiger partial charge in [-0.15, -0.1) is 0 Å². The molecule has 116 valence electrons. The van der Waals surface area contributed by atoms with Gasteiger partial charge in [0.25, 0.3) is 0 Å². The molecular formula is C18H27NO2. The van der Waals surface area contributed by atoms with Crippen molar-refractivity contribution in [1.29, 1.82) is 0 Å². The fourth-order valence-corrected chi connectivity index (χ4v) is 2.41. The second-order valence-corrected chi connectivity index (χ2v) is 5.50. The Morgan fingerprint density at radius 3 is 2.48 bits per heavy atom. The molecule has 0 spiro atoms. The van der Waals surface area contributed by atoms with Crippen molar-refractivity contribution in [2.24, 2.45) is 5.73 Å². The Balaban J connectivity index is 2.92. The molecule has 0 heterocycles. The lowest BCUT2D eigenvalue weighted by molar-refractivity contribution is 0.0807. The van der Waals surface area contributed by atoms with Gasteiger partial charge in [0.15, 0.2) is 0 Å². The van der Waals surface area contributed by atoms with Crippen LogP contribution in [0, 0.1) is 11.8 Å². The molecule has 0 bridgehead atoms. The maximum atomic E-state index is 10.5. The summed E-state index contributed by atoms with van der Waals surface area (Å²) in [6, 6.07) is 7.50. The van der Waals surface area contributed by atoms with Gasteiger partial charge in [0.2, 0.25) is 0 Å². The van der Waals surface area contributed by atoms with Gasteiger partial charge in [0.1, 0.15) is 5.60 Å². The molecule has 0 saturated heterocycles. The Bertz CT molecular complexity index is 481. The minimum atomic E-state index is -0.907. The number of benzene rings is 1. The van der Waals surface area contributed by atoms with Crippen molar-refractivity contribution in [2.45, 2.75) is 57.7 Å². The Morgan fingerprint density at radius 2 is 1.90 bits per heavy atom. The van der Waals surface area contributed by atoms with Gasteiger partial charge in [-0.05, 0) is 43.5 Å². The molecule has 0 unspecified atom stereocenters. The molecular weight excluding hydrogens is 262 g/mol. The van der Waals surface area contributed by atoms with Crippen LogP contribution in [0.2, 0.25) is 0 Å². The maximum absolute atomic E-state index is 10.5. The highest BCUT2D eigenvalue weighted by Gasteiger charge is 2.21. The largest absolute Gasteiger partial charge is 0.388 e. The molecule has 0 aliphatic carbocycles. The standard InChI is InChI=1S/C18H27NO2/c1-3-10-18(21,11-4-2)12-8-15-6-5-7-16(14-15)17(20)9-13-19/h5-7,14,17,20-21H,3-4,9-11,13,19H2,1-2H3/t17-/m0/s1. The molecule has 1 rings (SSSR count). The van der Waals surface area contributed by atoms with Gasteiger partial charge in [0, 0.05) is 5.56 Å². The predicted molar refractivity (Wildman–Crippen MR) is 86.7 cm³/mol. The van der Waals surface area contributed by atoms with E-state index in [2.05, 4.69) is 11.8 Å². The minimum Gasteiger partial charge on any atom is -0.388 e. The lowest BCUT2D eigenvalue weighted by Crippen LogP contribution is -2.25. The van der Waals surface area contributed by atoms with Crippen molar-refractivity contribution < 1.29 is 10.2 Å². The van der Waals surface area contributed by atoms with Gasteiger partial charge in [-0.25, -0.2) is 0 Å². The van der Waals surface area contributed by atoms with Crippen molar-refractivity contribution in [2.75, 3.05) is 6.54 Å². The van der Waals surface area contributed by atoms with E-state index in [1.54, 1.807) is 0 Å². The Kier molecular flexibility index (Phi) is 7.45. The van der Waals surface area contributed by atoms with E-state index < -0.39 is 11.7 Å². The van der Waals surface area contributed by atoms with Crippen LogP contribution in [-0.2, 0) is 0 Å². The zero-order chi connectivity index (χ0) is 15.7. The van der Waals surface area contributed by atoms with Crippen molar-refractivity contribution in [3.8, 4) is 11.8 Å². The van der Waals surface area contributed by atoms with Gasteiger partial charge in [-0.3, -0.25) is 0 Å². The van der Waals surface area contributed by atoms with E-state index in [0.29, 0.717) is 25.8 Å². The average molecular weight is 289 g/mol. The molecule has 0 saturated carbocycles. The monoisotopic (exact) mass is 289 g/mol. The van der Waals surface area contributed by atoms with E-state index >= 15 is 0 Å². The summed E-state index contributed by atoms with van der Waals surface area (Å²) in [5, 5.41) is 20.5. The zero-order valence-electron chi connectivity index (χ0n) is 13.1. The lowest BCUT2D eigenvalue weighted by atomic mass is 9.93. The minimum absolute atomic E-state index is 0.448. The highest BCUT2D eigenvalue weighted by molar-refractivity contribution is 5.39. The molecule has 0 aromatic heterocycles. The van der Waals surface area contributed by atoms with Crippen LogP contribution in [-0.4, -0.2) is 22.4 Å². The Morgan fingerprint density at radius 1 is 1.24 bits per heavy atom. The van der Waals surface area contributed by atoms with Crippen molar-refractivity contribution in [1.82, 2.24) is 0 Å². The Hall–Kier alpha value is -1.34. The SMILES string of the molecule is CCCC(O)(C#Cc1cccc([C@@H](O)CCN)c1)CCC. The van der Waals surface area contributed by atoms with Crippen LogP contribution in [0.5, 0.6) is 0 Å². The highest BCUT2D eigenvalue weighted by atomic mass is 16.3. The number of hydrogen-bond acceptors (Lipinski definition) is 3. The fraction of sp³-hybridized carbons (Fsp3) is 0.556. The lowest BCUT2D eigenvalue weighted by Gasteiger charge is -2.20. The van der Waals surface area contributed by atoms with Gasteiger partial charge >= 0.3 is 0 Å². The molecule has 0 fully saturated rings. The summed E-state index contributed by atoms with van der Waals surface area (Å²) < 4.78 is 0. The second kappa shape index (κ2) is 8.84. The van der Waals surface area contributed by atoms with Crippen molar-refractivity contribution in [3.05, 3.63) is 35.4 Å². The van der Waals surface area contributed by atoms with Crippen LogP contribution in [0.4, 0.5) is 0 Å². The van der Waals surface area contributed by atoms with E-state index in [1.807, 2.05) is 38.1 Å². The predicted octanol–water partition coefficient (Wildman–Crippen LogP) is 2.75. The third kappa shape index (κ3) is 5.89. The molecule has 1 aromatic carbocycles. The molecule has 3 heteroatoms. The van der Waals surface area contributed by atoms with E-state index in [0.717, 1.165) is 24.0 Å². The topological polar surface area (TPSA) is 66.5 Å². The van der Waals surface area contributed by atoms with E-state index in [-0.39, 0.29) is 0 Å². The summed E-state index contributed by atoms with van der Waals surface area (Å²) in [7, 11) is 0. The van der Waals surface area contributed by atoms with Crippen molar-refractivity contribution >= 4 is 0 Å². The molecule has 0 amide bonds. The smallest absolute Gasteiger partial charge is 0.125 e. The third-order valence-corrected chi connectivity index (χ3v) is 3.48. The van der Waals surface area contributed by atoms with Gasteiger partial charge in [0.05, 0.1) is 6.10 Å². The third-order valence-electron chi connectivity index (χ3n) is 3.48.